The summed E-state index contributed by atoms with van der Waals surface area (Å²) in [6.07, 6.45) is 4.55. The zero-order valence-electron chi connectivity index (χ0n) is 13.2. The molecular formula is C17H15ClN2O3S2. The van der Waals surface area contributed by atoms with Gasteiger partial charge in [-0.15, -0.1) is 11.3 Å². The van der Waals surface area contributed by atoms with E-state index in [1.807, 2.05) is 6.07 Å². The maximum Gasteiger partial charge on any atom is 0.257 e. The number of benzene rings is 1. The molecule has 0 aliphatic heterocycles. The number of carbonyl (C=O) groups excluding carboxylic acids is 1. The van der Waals surface area contributed by atoms with E-state index in [1.165, 1.54) is 17.6 Å². The summed E-state index contributed by atoms with van der Waals surface area (Å²) in [5, 5.41) is 2.81. The number of hydrogen-bond acceptors (Lipinski definition) is 4. The third-order valence-corrected chi connectivity index (χ3v) is 5.56. The maximum atomic E-state index is 12.6. The van der Waals surface area contributed by atoms with Crippen molar-refractivity contribution in [3.05, 3.63) is 64.3 Å². The predicted octanol–water partition coefficient (Wildman–Crippen LogP) is 4.19. The lowest BCUT2D eigenvalue weighted by Gasteiger charge is -2.07. The lowest BCUT2D eigenvalue weighted by atomic mass is 10.1. The van der Waals surface area contributed by atoms with Gasteiger partial charge in [0.2, 0.25) is 0 Å². The third kappa shape index (κ3) is 4.50. The van der Waals surface area contributed by atoms with Crippen LogP contribution in [0, 0.1) is 0 Å². The Balaban J connectivity index is 1.82. The van der Waals surface area contributed by atoms with Crippen LogP contribution in [-0.2, 0) is 15.6 Å². The summed E-state index contributed by atoms with van der Waals surface area (Å²) in [5.74, 6) is -0.350. The lowest BCUT2D eigenvalue weighted by Crippen LogP contribution is -2.12. The van der Waals surface area contributed by atoms with Crippen LogP contribution in [-0.4, -0.2) is 25.6 Å². The minimum atomic E-state index is -3.13. The van der Waals surface area contributed by atoms with Gasteiger partial charge in [-0.05, 0) is 29.8 Å². The largest absolute Gasteiger partial charge is 0.366 e. The standard InChI is InChI=1S/C17H15ClN2O3S2/c1-25(22,23)10-11-3-2-4-12(7-11)20-17(21)14-9-19-8-13(14)15-5-6-16(18)24-15/h2-9,19H,10H2,1H3,(H,20,21). The van der Waals surface area contributed by atoms with Crippen LogP contribution in [0.15, 0.2) is 48.8 Å². The zero-order chi connectivity index (χ0) is 18.0. The Bertz CT molecular complexity index is 1020. The Morgan fingerprint density at radius 3 is 2.72 bits per heavy atom. The molecule has 2 N–H and O–H groups in total. The van der Waals surface area contributed by atoms with Crippen molar-refractivity contribution in [2.24, 2.45) is 0 Å². The number of aromatic nitrogens is 1. The third-order valence-electron chi connectivity index (χ3n) is 3.44. The fourth-order valence-corrected chi connectivity index (χ4v) is 4.31. The number of anilines is 1. The molecule has 5 nitrogen and oxygen atoms in total. The van der Waals surface area contributed by atoms with Crippen LogP contribution in [0.3, 0.4) is 0 Å². The molecule has 3 rings (SSSR count). The van der Waals surface area contributed by atoms with E-state index in [0.29, 0.717) is 21.2 Å². The molecule has 0 aliphatic carbocycles. The molecule has 1 amide bonds. The van der Waals surface area contributed by atoms with Gasteiger partial charge in [0.15, 0.2) is 9.84 Å². The first-order valence-electron chi connectivity index (χ1n) is 7.32. The van der Waals surface area contributed by atoms with E-state index < -0.39 is 9.84 Å². The molecule has 2 heterocycles. The summed E-state index contributed by atoms with van der Waals surface area (Å²) in [6, 6.07) is 10.5. The molecule has 8 heteroatoms. The predicted molar refractivity (Wildman–Crippen MR) is 102 cm³/mol. The summed E-state index contributed by atoms with van der Waals surface area (Å²) in [7, 11) is -3.13. The Morgan fingerprint density at radius 2 is 2.04 bits per heavy atom. The SMILES string of the molecule is CS(=O)(=O)Cc1cccc(NC(=O)c2c[nH]cc2-c2ccc(Cl)s2)c1. The van der Waals surface area contributed by atoms with Crippen molar-refractivity contribution in [2.75, 3.05) is 11.6 Å². The number of hydrogen-bond donors (Lipinski definition) is 2. The molecule has 1 aromatic carbocycles. The van der Waals surface area contributed by atoms with Gasteiger partial charge in [-0.2, -0.15) is 0 Å². The van der Waals surface area contributed by atoms with E-state index in [4.69, 9.17) is 11.6 Å². The number of sulfone groups is 1. The molecule has 0 saturated carbocycles. The number of aromatic amines is 1. The van der Waals surface area contributed by atoms with Crippen molar-refractivity contribution >= 4 is 44.4 Å². The molecule has 0 atom stereocenters. The van der Waals surface area contributed by atoms with Gasteiger partial charge >= 0.3 is 0 Å². The highest BCUT2D eigenvalue weighted by molar-refractivity contribution is 7.89. The fourth-order valence-electron chi connectivity index (χ4n) is 2.45. The lowest BCUT2D eigenvalue weighted by molar-refractivity contribution is 0.102. The molecule has 0 unspecified atom stereocenters. The first kappa shape index (κ1) is 17.7. The minimum Gasteiger partial charge on any atom is -0.366 e. The van der Waals surface area contributed by atoms with Crippen LogP contribution in [0.25, 0.3) is 10.4 Å². The highest BCUT2D eigenvalue weighted by Gasteiger charge is 2.16. The van der Waals surface area contributed by atoms with Crippen molar-refractivity contribution in [3.63, 3.8) is 0 Å². The maximum absolute atomic E-state index is 12.6. The Kier molecular flexibility index (Phi) is 4.99. The van der Waals surface area contributed by atoms with Crippen molar-refractivity contribution in [1.29, 1.82) is 0 Å². The summed E-state index contributed by atoms with van der Waals surface area (Å²) in [5.41, 5.74) is 2.43. The van der Waals surface area contributed by atoms with Crippen molar-refractivity contribution in [1.82, 2.24) is 4.98 Å². The number of H-pyrrole nitrogens is 1. The van der Waals surface area contributed by atoms with Crippen LogP contribution in [0.1, 0.15) is 15.9 Å². The van der Waals surface area contributed by atoms with Gasteiger partial charge in [0.25, 0.3) is 5.91 Å². The molecule has 25 heavy (non-hydrogen) atoms. The molecule has 3 aromatic rings. The highest BCUT2D eigenvalue weighted by atomic mass is 35.5. The molecule has 0 fully saturated rings. The normalized spacial score (nSPS) is 11.4. The van der Waals surface area contributed by atoms with Crippen LogP contribution in [0.4, 0.5) is 5.69 Å². The van der Waals surface area contributed by atoms with E-state index in [-0.39, 0.29) is 11.7 Å². The van der Waals surface area contributed by atoms with Crippen LogP contribution in [0.2, 0.25) is 4.34 Å². The number of nitrogens with one attached hydrogen (secondary N) is 2. The summed E-state index contributed by atoms with van der Waals surface area (Å²) < 4.78 is 23.5. The second-order valence-corrected chi connectivity index (χ2v) is 9.47. The number of rotatable bonds is 5. The minimum absolute atomic E-state index is 0.0696. The highest BCUT2D eigenvalue weighted by Crippen LogP contribution is 2.33. The van der Waals surface area contributed by atoms with Gasteiger partial charge in [0, 0.05) is 34.8 Å². The van der Waals surface area contributed by atoms with Gasteiger partial charge < -0.3 is 10.3 Å². The molecule has 0 bridgehead atoms. The van der Waals surface area contributed by atoms with Crippen molar-refractivity contribution < 1.29 is 13.2 Å². The van der Waals surface area contributed by atoms with E-state index in [2.05, 4.69) is 10.3 Å². The van der Waals surface area contributed by atoms with Gasteiger partial charge in [-0.1, -0.05) is 23.7 Å². The van der Waals surface area contributed by atoms with Gasteiger partial charge in [0.05, 0.1) is 15.7 Å². The molecule has 2 aromatic heterocycles. The van der Waals surface area contributed by atoms with Gasteiger partial charge in [-0.3, -0.25) is 4.79 Å². The summed E-state index contributed by atoms with van der Waals surface area (Å²) in [4.78, 5) is 16.4. The molecule has 0 spiro atoms. The molecule has 0 saturated heterocycles. The Labute approximate surface area is 154 Å². The van der Waals surface area contributed by atoms with Crippen LogP contribution in [0.5, 0.6) is 0 Å². The topological polar surface area (TPSA) is 79.0 Å². The monoisotopic (exact) mass is 394 g/mol. The van der Waals surface area contributed by atoms with Gasteiger partial charge in [-0.25, -0.2) is 8.42 Å². The fraction of sp³-hybridized carbons (Fsp3) is 0.118. The molecular weight excluding hydrogens is 380 g/mol. The van der Waals surface area contributed by atoms with E-state index in [1.54, 1.807) is 42.7 Å². The zero-order valence-corrected chi connectivity index (χ0v) is 15.6. The number of thiophene rings is 1. The van der Waals surface area contributed by atoms with E-state index in [9.17, 15) is 13.2 Å². The average Bonchev–Trinajstić information content (AvgIpc) is 3.14. The smallest absolute Gasteiger partial charge is 0.257 e. The Morgan fingerprint density at radius 1 is 1.24 bits per heavy atom. The number of halogens is 1. The van der Waals surface area contributed by atoms with Crippen molar-refractivity contribution in [2.45, 2.75) is 5.75 Å². The molecule has 0 aliphatic rings. The second-order valence-electron chi connectivity index (χ2n) is 5.61. The average molecular weight is 395 g/mol. The quantitative estimate of drug-likeness (QED) is 0.680. The molecule has 130 valence electrons. The van der Waals surface area contributed by atoms with Crippen LogP contribution >= 0.6 is 22.9 Å². The second kappa shape index (κ2) is 7.03. The summed E-state index contributed by atoms with van der Waals surface area (Å²) >= 11 is 7.36. The number of amides is 1. The molecule has 0 radical (unpaired) electrons. The number of carbonyl (C=O) groups is 1. The van der Waals surface area contributed by atoms with Crippen molar-refractivity contribution in [3.8, 4) is 10.4 Å². The first-order valence-corrected chi connectivity index (χ1v) is 10.6. The van der Waals surface area contributed by atoms with E-state index >= 15 is 0 Å². The Hall–Kier alpha value is -2.09. The first-order chi connectivity index (χ1) is 11.8. The van der Waals surface area contributed by atoms with Crippen LogP contribution < -0.4 is 5.32 Å². The van der Waals surface area contributed by atoms with E-state index in [0.717, 1.165) is 10.4 Å². The van der Waals surface area contributed by atoms with Gasteiger partial charge in [0.1, 0.15) is 0 Å². The summed E-state index contributed by atoms with van der Waals surface area (Å²) in [6.45, 7) is 0.